The number of aliphatic carboxylic acids is 2. The van der Waals surface area contributed by atoms with Gasteiger partial charge in [0.2, 0.25) is 17.7 Å². The number of likely N-dealkylation sites (tertiary alicyclic amines) is 1. The van der Waals surface area contributed by atoms with Crippen LogP contribution in [0.15, 0.2) is 30.3 Å². The lowest BCUT2D eigenvalue weighted by molar-refractivity contribution is -0.145. The molecule has 0 bridgehead atoms. The van der Waals surface area contributed by atoms with Crippen molar-refractivity contribution >= 4 is 29.7 Å². The zero-order valence-electron chi connectivity index (χ0n) is 17.8. The summed E-state index contributed by atoms with van der Waals surface area (Å²) in [7, 11) is 0. The number of carboxylic acids is 2. The van der Waals surface area contributed by atoms with Gasteiger partial charge in [-0.3, -0.25) is 19.2 Å². The van der Waals surface area contributed by atoms with Crippen LogP contribution in [0.5, 0.6) is 0 Å². The van der Waals surface area contributed by atoms with Gasteiger partial charge in [-0.2, -0.15) is 0 Å². The summed E-state index contributed by atoms with van der Waals surface area (Å²) in [6.45, 7) is -0.623. The Morgan fingerprint density at radius 1 is 1.06 bits per heavy atom. The monoisotopic (exact) mass is 464 g/mol. The number of hydrogen-bond donors (Lipinski definition) is 6. The van der Waals surface area contributed by atoms with E-state index < -0.39 is 66.9 Å². The van der Waals surface area contributed by atoms with E-state index in [1.54, 1.807) is 30.3 Å². The maximum atomic E-state index is 12.9. The summed E-state index contributed by atoms with van der Waals surface area (Å²) >= 11 is 0. The SMILES string of the molecule is NC(CC(=O)O)C(=O)NC(CO)C(=O)N1CCCC1C(=O)NC(Cc1ccccc1)C(=O)O. The zero-order chi connectivity index (χ0) is 24.5. The van der Waals surface area contributed by atoms with Crippen LogP contribution >= 0.6 is 0 Å². The van der Waals surface area contributed by atoms with E-state index >= 15 is 0 Å². The second-order valence-electron chi connectivity index (χ2n) is 7.73. The summed E-state index contributed by atoms with van der Waals surface area (Å²) in [5.41, 5.74) is 6.19. The molecule has 1 aliphatic heterocycles. The number of carbonyl (C=O) groups excluding carboxylic acids is 3. The fraction of sp³-hybridized carbons (Fsp3) is 0.476. The van der Waals surface area contributed by atoms with Crippen molar-refractivity contribution in [3.05, 3.63) is 35.9 Å². The number of amides is 3. The van der Waals surface area contributed by atoms with Crippen molar-refractivity contribution in [2.45, 2.75) is 49.9 Å². The smallest absolute Gasteiger partial charge is 0.326 e. The first-order valence-corrected chi connectivity index (χ1v) is 10.4. The standard InChI is InChI=1S/C21H28N4O8/c22-13(10-17(27)28)18(29)24-15(11-26)20(31)25-8-4-7-16(25)19(30)23-14(21(32)33)9-12-5-2-1-3-6-12/h1-3,5-6,13-16,26H,4,7-11,22H2,(H,23,30)(H,24,29)(H,27,28)(H,32,33). The summed E-state index contributed by atoms with van der Waals surface area (Å²) < 4.78 is 0. The molecule has 4 unspecified atom stereocenters. The molecule has 4 atom stereocenters. The van der Waals surface area contributed by atoms with Crippen LogP contribution in [0, 0.1) is 0 Å². The first-order valence-electron chi connectivity index (χ1n) is 10.4. The number of carbonyl (C=O) groups is 5. The van der Waals surface area contributed by atoms with E-state index in [1.165, 1.54) is 4.90 Å². The quantitative estimate of drug-likeness (QED) is 0.216. The number of aliphatic hydroxyl groups is 1. The van der Waals surface area contributed by atoms with Gasteiger partial charge in [-0.15, -0.1) is 0 Å². The van der Waals surface area contributed by atoms with Crippen LogP contribution in [0.4, 0.5) is 0 Å². The minimum Gasteiger partial charge on any atom is -0.481 e. The van der Waals surface area contributed by atoms with Gasteiger partial charge >= 0.3 is 11.9 Å². The molecule has 0 saturated carbocycles. The predicted octanol–water partition coefficient (Wildman–Crippen LogP) is -1.93. The third kappa shape index (κ3) is 7.26. The topological polar surface area (TPSA) is 199 Å². The first-order chi connectivity index (χ1) is 15.6. The summed E-state index contributed by atoms with van der Waals surface area (Å²) in [6, 6.07) is 3.72. The van der Waals surface area contributed by atoms with Crippen LogP contribution in [-0.2, 0) is 30.4 Å². The molecule has 0 aliphatic carbocycles. The van der Waals surface area contributed by atoms with Crippen molar-refractivity contribution < 1.29 is 39.3 Å². The highest BCUT2D eigenvalue weighted by atomic mass is 16.4. The molecule has 33 heavy (non-hydrogen) atoms. The Morgan fingerprint density at radius 3 is 2.30 bits per heavy atom. The van der Waals surface area contributed by atoms with E-state index in [4.69, 9.17) is 10.8 Å². The molecular formula is C21H28N4O8. The lowest BCUT2D eigenvalue weighted by Crippen LogP contribution is -2.58. The molecule has 1 aromatic rings. The van der Waals surface area contributed by atoms with Crippen LogP contribution in [-0.4, -0.2) is 87.2 Å². The summed E-state index contributed by atoms with van der Waals surface area (Å²) in [5.74, 6) is -4.87. The fourth-order valence-electron chi connectivity index (χ4n) is 3.57. The van der Waals surface area contributed by atoms with E-state index in [-0.39, 0.29) is 19.4 Å². The predicted molar refractivity (Wildman–Crippen MR) is 114 cm³/mol. The maximum absolute atomic E-state index is 12.9. The molecule has 0 spiro atoms. The zero-order valence-corrected chi connectivity index (χ0v) is 17.8. The minimum atomic E-state index is -1.43. The van der Waals surface area contributed by atoms with Gasteiger partial charge in [0.1, 0.15) is 18.1 Å². The fourth-order valence-corrected chi connectivity index (χ4v) is 3.57. The Labute approximate surface area is 189 Å². The average molecular weight is 464 g/mol. The number of nitrogens with zero attached hydrogens (tertiary/aromatic N) is 1. The number of aliphatic hydroxyl groups excluding tert-OH is 1. The van der Waals surface area contributed by atoms with Crippen LogP contribution in [0.2, 0.25) is 0 Å². The second-order valence-corrected chi connectivity index (χ2v) is 7.73. The Bertz CT molecular complexity index is 878. The Kier molecular flexibility index (Phi) is 9.30. The molecule has 1 heterocycles. The van der Waals surface area contributed by atoms with E-state index in [1.807, 2.05) is 0 Å². The van der Waals surface area contributed by atoms with Gasteiger partial charge in [-0.25, -0.2) is 4.79 Å². The van der Waals surface area contributed by atoms with Crippen molar-refractivity contribution in [3.8, 4) is 0 Å². The summed E-state index contributed by atoms with van der Waals surface area (Å²) in [6.07, 6.45) is 0.134. The van der Waals surface area contributed by atoms with E-state index in [2.05, 4.69) is 10.6 Å². The molecule has 0 radical (unpaired) electrons. The number of benzene rings is 1. The van der Waals surface area contributed by atoms with Crippen LogP contribution in [0.3, 0.4) is 0 Å². The molecule has 1 fully saturated rings. The molecule has 1 aromatic carbocycles. The molecule has 0 aromatic heterocycles. The van der Waals surface area contributed by atoms with Crippen molar-refractivity contribution in [1.82, 2.24) is 15.5 Å². The van der Waals surface area contributed by atoms with Gasteiger partial charge in [0.25, 0.3) is 0 Å². The third-order valence-corrected chi connectivity index (χ3v) is 5.26. The van der Waals surface area contributed by atoms with Crippen molar-refractivity contribution in [1.29, 1.82) is 0 Å². The normalized spacial score (nSPS) is 18.1. The Morgan fingerprint density at radius 2 is 1.73 bits per heavy atom. The average Bonchev–Trinajstić information content (AvgIpc) is 3.26. The second kappa shape index (κ2) is 11.9. The molecule has 180 valence electrons. The number of hydrogen-bond acceptors (Lipinski definition) is 7. The molecule has 7 N–H and O–H groups in total. The van der Waals surface area contributed by atoms with Gasteiger partial charge in [0, 0.05) is 13.0 Å². The third-order valence-electron chi connectivity index (χ3n) is 5.26. The van der Waals surface area contributed by atoms with Crippen molar-refractivity contribution in [2.24, 2.45) is 5.73 Å². The van der Waals surface area contributed by atoms with E-state index in [0.29, 0.717) is 12.0 Å². The van der Waals surface area contributed by atoms with Crippen LogP contribution < -0.4 is 16.4 Å². The van der Waals surface area contributed by atoms with Crippen LogP contribution in [0.1, 0.15) is 24.8 Å². The van der Waals surface area contributed by atoms with E-state index in [9.17, 15) is 34.2 Å². The minimum absolute atomic E-state index is 0.0549. The molecule has 2 rings (SSSR count). The van der Waals surface area contributed by atoms with Crippen molar-refractivity contribution in [2.75, 3.05) is 13.2 Å². The number of carboxylic acid groups (broad SMARTS) is 2. The largest absolute Gasteiger partial charge is 0.481 e. The molecular weight excluding hydrogens is 436 g/mol. The molecule has 1 saturated heterocycles. The lowest BCUT2D eigenvalue weighted by atomic mass is 10.1. The molecule has 3 amide bonds. The molecule has 12 nitrogen and oxygen atoms in total. The highest BCUT2D eigenvalue weighted by Gasteiger charge is 2.39. The van der Waals surface area contributed by atoms with Gasteiger partial charge < -0.3 is 36.6 Å². The number of nitrogens with one attached hydrogen (secondary N) is 2. The Balaban J connectivity index is 2.05. The summed E-state index contributed by atoms with van der Waals surface area (Å²) in [4.78, 5) is 61.3. The number of rotatable bonds is 11. The highest BCUT2D eigenvalue weighted by molar-refractivity contribution is 5.95. The lowest BCUT2D eigenvalue weighted by Gasteiger charge is -2.29. The van der Waals surface area contributed by atoms with Gasteiger partial charge in [0.05, 0.1) is 19.1 Å². The highest BCUT2D eigenvalue weighted by Crippen LogP contribution is 2.19. The van der Waals surface area contributed by atoms with Gasteiger partial charge in [-0.05, 0) is 18.4 Å². The molecule has 12 heteroatoms. The van der Waals surface area contributed by atoms with Gasteiger partial charge in [0.15, 0.2) is 0 Å². The Hall–Kier alpha value is -3.51. The van der Waals surface area contributed by atoms with Crippen LogP contribution in [0.25, 0.3) is 0 Å². The molecule has 1 aliphatic rings. The maximum Gasteiger partial charge on any atom is 0.326 e. The summed E-state index contributed by atoms with van der Waals surface area (Å²) in [5, 5.41) is 32.5. The number of nitrogens with two attached hydrogens (primary N) is 1. The van der Waals surface area contributed by atoms with Crippen molar-refractivity contribution in [3.63, 3.8) is 0 Å². The van der Waals surface area contributed by atoms with E-state index in [0.717, 1.165) is 0 Å². The first kappa shape index (κ1) is 25.7. The van der Waals surface area contributed by atoms with Gasteiger partial charge in [-0.1, -0.05) is 30.3 Å².